The van der Waals surface area contributed by atoms with Crippen molar-refractivity contribution < 1.29 is 23.7 Å². The zero-order valence-electron chi connectivity index (χ0n) is 10.7. The quantitative estimate of drug-likeness (QED) is 0.584. The number of hydrogen-bond donors (Lipinski definition) is 1. The molecule has 2 rings (SSSR count). The molecular formula is C11H14N2O5S. The van der Waals surface area contributed by atoms with Gasteiger partial charge < -0.3 is 9.94 Å². The van der Waals surface area contributed by atoms with Crippen LogP contribution in [0.2, 0.25) is 0 Å². The molecule has 2 aliphatic heterocycles. The maximum Gasteiger partial charge on any atom is 0.352 e. The number of fused-ring (bicyclic) bond motifs is 1. The molecule has 0 aromatic rings. The second-order valence-electron chi connectivity index (χ2n) is 4.62. The highest BCUT2D eigenvalue weighted by Gasteiger charge is 2.54. The number of nitrogens with zero attached hydrogens (tertiary/aromatic N) is 2. The first-order valence-corrected chi connectivity index (χ1v) is 7.10. The summed E-state index contributed by atoms with van der Waals surface area (Å²) in [6.07, 6.45) is -0.206. The van der Waals surface area contributed by atoms with E-state index in [2.05, 4.69) is 5.16 Å². The Morgan fingerprint density at radius 2 is 2.21 bits per heavy atom. The summed E-state index contributed by atoms with van der Waals surface area (Å²) in [7, 11) is -1.39. The van der Waals surface area contributed by atoms with Gasteiger partial charge >= 0.3 is 5.97 Å². The van der Waals surface area contributed by atoms with E-state index in [-0.39, 0.29) is 23.3 Å². The lowest BCUT2D eigenvalue weighted by Crippen LogP contribution is -2.66. The van der Waals surface area contributed by atoms with Crippen LogP contribution in [0.4, 0.5) is 0 Å². The molecule has 2 atom stereocenters. The Labute approximate surface area is 112 Å². The number of carbonyl (C=O) groups is 2. The zero-order chi connectivity index (χ0) is 14.3. The minimum Gasteiger partial charge on any atom is -0.477 e. The normalized spacial score (nSPS) is 28.5. The molecule has 8 heteroatoms. The lowest BCUT2D eigenvalue weighted by atomic mass is 10.1. The van der Waals surface area contributed by atoms with Crippen molar-refractivity contribution in [2.45, 2.75) is 32.2 Å². The topological polar surface area (TPSA) is 96.3 Å². The second kappa shape index (κ2) is 4.76. The summed E-state index contributed by atoms with van der Waals surface area (Å²) in [6, 6.07) is 0. The van der Waals surface area contributed by atoms with E-state index in [1.807, 2.05) is 0 Å². The van der Waals surface area contributed by atoms with Gasteiger partial charge in [0.1, 0.15) is 11.8 Å². The highest BCUT2D eigenvalue weighted by atomic mass is 32.2. The Bertz CT molecular complexity index is 537. The number of rotatable bonds is 3. The molecule has 0 bridgehead atoms. The van der Waals surface area contributed by atoms with Crippen molar-refractivity contribution in [2.24, 2.45) is 5.16 Å². The number of β-lactam (4-membered cyclic amide) rings is 1. The third-order valence-corrected chi connectivity index (χ3v) is 4.37. The van der Waals surface area contributed by atoms with Crippen LogP contribution in [0.3, 0.4) is 0 Å². The first kappa shape index (κ1) is 13.7. The van der Waals surface area contributed by atoms with E-state index < -0.39 is 28.0 Å². The number of amides is 1. The Hall–Kier alpha value is -1.70. The van der Waals surface area contributed by atoms with Crippen LogP contribution in [-0.4, -0.2) is 49.0 Å². The van der Waals surface area contributed by atoms with E-state index in [4.69, 9.17) is 9.94 Å². The first-order chi connectivity index (χ1) is 8.84. The van der Waals surface area contributed by atoms with Crippen molar-refractivity contribution in [3.05, 3.63) is 11.3 Å². The minimum absolute atomic E-state index is 0.0262. The lowest BCUT2D eigenvalue weighted by molar-refractivity contribution is -0.139. The van der Waals surface area contributed by atoms with Gasteiger partial charge in [0, 0.05) is 5.75 Å². The van der Waals surface area contributed by atoms with Gasteiger partial charge in [-0.1, -0.05) is 5.16 Å². The van der Waals surface area contributed by atoms with Crippen molar-refractivity contribution in [1.82, 2.24) is 4.90 Å². The largest absolute Gasteiger partial charge is 0.477 e. The molecule has 0 radical (unpaired) electrons. The molecule has 0 spiro atoms. The lowest BCUT2D eigenvalue weighted by Gasteiger charge is -2.43. The Balaban J connectivity index is 2.34. The molecule has 19 heavy (non-hydrogen) atoms. The first-order valence-electron chi connectivity index (χ1n) is 5.72. The molecule has 1 unspecified atom stereocenters. The van der Waals surface area contributed by atoms with Gasteiger partial charge in [-0.25, -0.2) is 4.79 Å². The maximum atomic E-state index is 12.0. The van der Waals surface area contributed by atoms with Crippen LogP contribution in [0.5, 0.6) is 0 Å². The molecule has 2 heterocycles. The van der Waals surface area contributed by atoms with E-state index in [9.17, 15) is 13.8 Å². The van der Waals surface area contributed by atoms with Crippen LogP contribution >= 0.6 is 0 Å². The van der Waals surface area contributed by atoms with Crippen LogP contribution in [0.25, 0.3) is 0 Å². The highest BCUT2D eigenvalue weighted by Crippen LogP contribution is 2.32. The van der Waals surface area contributed by atoms with Gasteiger partial charge in [0.15, 0.2) is 11.1 Å². The third kappa shape index (κ3) is 2.16. The molecule has 2 aliphatic rings. The summed E-state index contributed by atoms with van der Waals surface area (Å²) < 4.78 is 12.0. The fourth-order valence-corrected chi connectivity index (χ4v) is 3.50. The van der Waals surface area contributed by atoms with E-state index in [0.29, 0.717) is 5.57 Å². The fraction of sp³-hybridized carbons (Fsp3) is 0.545. The Kier molecular flexibility index (Phi) is 3.44. The smallest absolute Gasteiger partial charge is 0.352 e. The molecular weight excluding hydrogens is 272 g/mol. The van der Waals surface area contributed by atoms with E-state index >= 15 is 0 Å². The van der Waals surface area contributed by atoms with Crippen molar-refractivity contribution in [2.75, 3.05) is 5.75 Å². The third-order valence-electron chi connectivity index (χ3n) is 2.72. The number of oxime groups is 1. The molecule has 1 N–H and O–H groups in total. The van der Waals surface area contributed by atoms with Gasteiger partial charge in [-0.3, -0.25) is 13.9 Å². The van der Waals surface area contributed by atoms with Crippen molar-refractivity contribution >= 4 is 28.4 Å². The number of aliphatic carboxylic acids is 1. The van der Waals surface area contributed by atoms with E-state index in [1.165, 1.54) is 0 Å². The summed E-state index contributed by atoms with van der Waals surface area (Å²) in [6.45, 7) is 5.05. The highest BCUT2D eigenvalue weighted by molar-refractivity contribution is 7.87. The summed E-state index contributed by atoms with van der Waals surface area (Å²) in [5.74, 6) is -1.64. The average Bonchev–Trinajstić information content (AvgIpc) is 2.28. The maximum absolute atomic E-state index is 12.0. The summed E-state index contributed by atoms with van der Waals surface area (Å²) in [5, 5.41) is 12.0. The number of carboxylic acid groups (broad SMARTS) is 1. The van der Waals surface area contributed by atoms with E-state index in [0.717, 1.165) is 4.90 Å². The van der Waals surface area contributed by atoms with Crippen LogP contribution in [0, 0.1) is 0 Å². The molecule has 0 aliphatic carbocycles. The van der Waals surface area contributed by atoms with Crippen LogP contribution in [0.1, 0.15) is 20.8 Å². The molecule has 1 saturated heterocycles. The number of hydrogen-bond acceptors (Lipinski definition) is 5. The van der Waals surface area contributed by atoms with E-state index in [1.54, 1.807) is 20.8 Å². The summed E-state index contributed by atoms with van der Waals surface area (Å²) in [4.78, 5) is 29.1. The monoisotopic (exact) mass is 286 g/mol. The molecule has 0 aromatic heterocycles. The molecule has 0 saturated carbocycles. The van der Waals surface area contributed by atoms with Gasteiger partial charge in [-0.2, -0.15) is 0 Å². The standard InChI is InChI=1S/C11H14N2O5S/c1-5(2)18-12-7-9(14)13-8(11(15)16)6(3)4-19(17)10(7)13/h5,10H,4H2,1-3H3,(H,15,16)/b12-7-/t10-,19?/m1/s1. The summed E-state index contributed by atoms with van der Waals surface area (Å²) >= 11 is 0. The van der Waals surface area contributed by atoms with Gasteiger partial charge in [0.25, 0.3) is 5.91 Å². The molecule has 7 nitrogen and oxygen atoms in total. The Morgan fingerprint density at radius 3 is 2.74 bits per heavy atom. The summed E-state index contributed by atoms with van der Waals surface area (Å²) in [5.41, 5.74) is 0.357. The fourth-order valence-electron chi connectivity index (χ4n) is 1.95. The molecule has 1 fully saturated rings. The van der Waals surface area contributed by atoms with Gasteiger partial charge in [-0.15, -0.1) is 0 Å². The van der Waals surface area contributed by atoms with Gasteiger partial charge in [0.05, 0.1) is 10.8 Å². The minimum atomic E-state index is -1.39. The van der Waals surface area contributed by atoms with Crippen LogP contribution < -0.4 is 0 Å². The van der Waals surface area contributed by atoms with Crippen molar-refractivity contribution in [3.8, 4) is 0 Å². The molecule has 0 aromatic carbocycles. The second-order valence-corrected chi connectivity index (χ2v) is 6.11. The zero-order valence-corrected chi connectivity index (χ0v) is 11.6. The van der Waals surface area contributed by atoms with Crippen molar-refractivity contribution in [3.63, 3.8) is 0 Å². The molecule has 104 valence electrons. The number of carbonyl (C=O) groups excluding carboxylic acids is 1. The van der Waals surface area contributed by atoms with Gasteiger partial charge in [-0.05, 0) is 26.3 Å². The average molecular weight is 286 g/mol. The SMILES string of the molecule is CC1=C(C(=O)O)N2C(=O)/C(=N/OC(C)C)[C@H]2S(=O)C1. The molecule has 1 amide bonds. The van der Waals surface area contributed by atoms with Crippen molar-refractivity contribution in [1.29, 1.82) is 0 Å². The van der Waals surface area contributed by atoms with Crippen LogP contribution in [0.15, 0.2) is 16.4 Å². The predicted molar refractivity (Wildman–Crippen MR) is 67.6 cm³/mol. The predicted octanol–water partition coefficient (Wildman–Crippen LogP) is 0.0566. The Morgan fingerprint density at radius 1 is 1.58 bits per heavy atom. The number of carboxylic acids is 1. The van der Waals surface area contributed by atoms with Gasteiger partial charge in [0.2, 0.25) is 0 Å². The van der Waals surface area contributed by atoms with Crippen LogP contribution in [-0.2, 0) is 25.2 Å².